The van der Waals surface area contributed by atoms with E-state index in [1.165, 1.54) is 133 Å². The monoisotopic (exact) mass is 354 g/mol. The number of unbranched alkanes of at least 4 members (excludes halogenated alkanes) is 15. The fraction of sp³-hybridized carbons (Fsp3) is 1.00. The van der Waals surface area contributed by atoms with Crippen LogP contribution < -0.4 is 0 Å². The second-order valence-electron chi connectivity index (χ2n) is 8.32. The van der Waals surface area contributed by atoms with E-state index >= 15 is 0 Å². The Balaban J connectivity index is 3.21. The first-order valence-electron chi connectivity index (χ1n) is 12.1. The van der Waals surface area contributed by atoms with Gasteiger partial charge in [-0.3, -0.25) is 0 Å². The van der Waals surface area contributed by atoms with Crippen LogP contribution in [-0.4, -0.2) is 30.7 Å². The van der Waals surface area contributed by atoms with Crippen molar-refractivity contribution in [1.82, 2.24) is 0 Å². The topological polar surface area (TPSA) is 0 Å². The minimum absolute atomic E-state index is 1.31. The Morgan fingerprint density at radius 3 is 0.920 bits per heavy atom. The summed E-state index contributed by atoms with van der Waals surface area (Å²) in [6, 6.07) is 0. The first-order chi connectivity index (χ1) is 12.2. The summed E-state index contributed by atoms with van der Waals surface area (Å²) in [6.07, 6.45) is 23.4. The highest BCUT2D eigenvalue weighted by Crippen LogP contribution is 2.15. The summed E-state index contributed by atoms with van der Waals surface area (Å²) >= 11 is 0. The molecule has 0 fully saturated rings. The van der Waals surface area contributed by atoms with Crippen LogP contribution in [-0.2, 0) is 0 Å². The second-order valence-corrected chi connectivity index (χ2v) is 8.32. The normalized spacial score (nSPS) is 12.0. The molecule has 0 aromatic carbocycles. The molecule has 0 saturated carbocycles. The maximum Gasteiger partial charge on any atom is 0.0786 e. The number of rotatable bonds is 20. The summed E-state index contributed by atoms with van der Waals surface area (Å²) in [5.74, 6) is 0. The molecule has 0 bridgehead atoms. The Labute approximate surface area is 161 Å². The fourth-order valence-corrected chi connectivity index (χ4v) is 4.14. The minimum atomic E-state index is 1.31. The molecule has 1 nitrogen and oxygen atoms in total. The van der Waals surface area contributed by atoms with E-state index in [0.29, 0.717) is 0 Å². The molecule has 0 heterocycles. The van der Waals surface area contributed by atoms with E-state index in [1.807, 2.05) is 0 Å². The number of hydrogen-bond acceptors (Lipinski definition) is 0. The molecular formula is C24H52N+. The van der Waals surface area contributed by atoms with Crippen molar-refractivity contribution in [2.75, 3.05) is 26.2 Å². The molecule has 25 heavy (non-hydrogen) atoms. The smallest absolute Gasteiger partial charge is 0.0786 e. The van der Waals surface area contributed by atoms with E-state index < -0.39 is 0 Å². The highest BCUT2D eigenvalue weighted by molar-refractivity contribution is 4.50. The lowest BCUT2D eigenvalue weighted by Crippen LogP contribution is -2.48. The van der Waals surface area contributed by atoms with Crippen molar-refractivity contribution in [2.45, 2.75) is 130 Å². The van der Waals surface area contributed by atoms with Crippen molar-refractivity contribution < 1.29 is 4.48 Å². The Hall–Kier alpha value is -0.0400. The molecule has 0 radical (unpaired) electrons. The van der Waals surface area contributed by atoms with E-state index in [1.54, 1.807) is 0 Å². The summed E-state index contributed by atoms with van der Waals surface area (Å²) in [5.41, 5.74) is 0. The summed E-state index contributed by atoms with van der Waals surface area (Å²) < 4.78 is 1.33. The molecule has 0 aromatic heterocycles. The molecule has 1 heteroatoms. The van der Waals surface area contributed by atoms with Gasteiger partial charge in [0.15, 0.2) is 0 Å². The Morgan fingerprint density at radius 2 is 0.640 bits per heavy atom. The first-order valence-corrected chi connectivity index (χ1v) is 12.1. The molecule has 0 aromatic rings. The second kappa shape index (κ2) is 18.7. The predicted molar refractivity (Wildman–Crippen MR) is 116 cm³/mol. The molecule has 0 N–H and O–H groups in total. The SMILES string of the molecule is CCCCCCCCCCCCCCCCCC[N+](CC)(CC)CC. The fourth-order valence-electron chi connectivity index (χ4n) is 4.14. The van der Waals surface area contributed by atoms with Crippen molar-refractivity contribution >= 4 is 0 Å². The van der Waals surface area contributed by atoms with E-state index in [9.17, 15) is 0 Å². The van der Waals surface area contributed by atoms with E-state index in [2.05, 4.69) is 27.7 Å². The van der Waals surface area contributed by atoms with Gasteiger partial charge in [0.05, 0.1) is 26.2 Å². The van der Waals surface area contributed by atoms with Crippen LogP contribution in [0, 0.1) is 0 Å². The summed E-state index contributed by atoms with van der Waals surface area (Å²) in [4.78, 5) is 0. The third kappa shape index (κ3) is 14.8. The van der Waals surface area contributed by atoms with Gasteiger partial charge in [-0.1, -0.05) is 96.8 Å². The van der Waals surface area contributed by atoms with Crippen LogP contribution in [0.25, 0.3) is 0 Å². The minimum Gasteiger partial charge on any atom is -0.324 e. The van der Waals surface area contributed by atoms with Crippen LogP contribution in [0.1, 0.15) is 130 Å². The van der Waals surface area contributed by atoms with Gasteiger partial charge in [0.2, 0.25) is 0 Å². The molecule has 0 aliphatic heterocycles. The standard InChI is InChI=1S/C24H52N/c1-5-9-10-11-12-13-14-15-16-17-18-19-20-21-22-23-24-25(6-2,7-3)8-4/h5-24H2,1-4H3/q+1. The zero-order chi connectivity index (χ0) is 18.6. The Morgan fingerprint density at radius 1 is 0.360 bits per heavy atom. The zero-order valence-corrected chi connectivity index (χ0v) is 18.6. The van der Waals surface area contributed by atoms with Gasteiger partial charge in [-0.25, -0.2) is 0 Å². The van der Waals surface area contributed by atoms with E-state index in [0.717, 1.165) is 0 Å². The van der Waals surface area contributed by atoms with Crippen molar-refractivity contribution in [3.8, 4) is 0 Å². The van der Waals surface area contributed by atoms with Crippen LogP contribution in [0.5, 0.6) is 0 Å². The molecular weight excluding hydrogens is 302 g/mol. The van der Waals surface area contributed by atoms with Crippen LogP contribution >= 0.6 is 0 Å². The number of hydrogen-bond donors (Lipinski definition) is 0. The quantitative estimate of drug-likeness (QED) is 0.153. The average Bonchev–Trinajstić information content (AvgIpc) is 2.65. The summed E-state index contributed by atoms with van der Waals surface area (Å²) in [5, 5.41) is 0. The Kier molecular flexibility index (Phi) is 18.7. The lowest BCUT2D eigenvalue weighted by atomic mass is 10.0. The molecule has 0 amide bonds. The molecule has 0 aliphatic carbocycles. The van der Waals surface area contributed by atoms with Gasteiger partial charge in [-0.15, -0.1) is 0 Å². The molecule has 152 valence electrons. The lowest BCUT2D eigenvalue weighted by molar-refractivity contribution is -0.923. The summed E-state index contributed by atoms with van der Waals surface area (Å²) in [6.45, 7) is 14.7. The predicted octanol–water partition coefficient (Wildman–Crippen LogP) is 8.12. The molecule has 0 rings (SSSR count). The van der Waals surface area contributed by atoms with E-state index in [4.69, 9.17) is 0 Å². The van der Waals surface area contributed by atoms with Crippen LogP contribution in [0.4, 0.5) is 0 Å². The molecule has 0 aliphatic rings. The van der Waals surface area contributed by atoms with Gasteiger partial charge in [0.25, 0.3) is 0 Å². The van der Waals surface area contributed by atoms with Gasteiger partial charge in [-0.05, 0) is 33.6 Å². The van der Waals surface area contributed by atoms with Crippen molar-refractivity contribution in [3.63, 3.8) is 0 Å². The maximum absolute atomic E-state index is 2.36. The van der Waals surface area contributed by atoms with Crippen LogP contribution in [0.2, 0.25) is 0 Å². The first kappa shape index (κ1) is 25.0. The van der Waals surface area contributed by atoms with Gasteiger partial charge >= 0.3 is 0 Å². The Bertz CT molecular complexity index is 236. The average molecular weight is 355 g/mol. The van der Waals surface area contributed by atoms with Crippen molar-refractivity contribution in [2.24, 2.45) is 0 Å². The third-order valence-corrected chi connectivity index (χ3v) is 6.50. The summed E-state index contributed by atoms with van der Waals surface area (Å²) in [7, 11) is 0. The molecule has 0 spiro atoms. The largest absolute Gasteiger partial charge is 0.324 e. The van der Waals surface area contributed by atoms with Gasteiger partial charge in [0.1, 0.15) is 0 Å². The van der Waals surface area contributed by atoms with Crippen LogP contribution in [0.3, 0.4) is 0 Å². The van der Waals surface area contributed by atoms with E-state index in [-0.39, 0.29) is 0 Å². The highest BCUT2D eigenvalue weighted by atomic mass is 15.3. The van der Waals surface area contributed by atoms with Gasteiger partial charge in [-0.2, -0.15) is 0 Å². The van der Waals surface area contributed by atoms with Crippen molar-refractivity contribution in [1.29, 1.82) is 0 Å². The molecule has 0 unspecified atom stereocenters. The van der Waals surface area contributed by atoms with Crippen LogP contribution in [0.15, 0.2) is 0 Å². The number of quaternary nitrogens is 1. The molecule has 0 atom stereocenters. The van der Waals surface area contributed by atoms with Gasteiger partial charge in [0, 0.05) is 0 Å². The highest BCUT2D eigenvalue weighted by Gasteiger charge is 2.19. The van der Waals surface area contributed by atoms with Gasteiger partial charge < -0.3 is 4.48 Å². The lowest BCUT2D eigenvalue weighted by Gasteiger charge is -2.35. The number of nitrogens with zero attached hydrogens (tertiary/aromatic N) is 1. The zero-order valence-electron chi connectivity index (χ0n) is 18.6. The maximum atomic E-state index is 2.36. The molecule has 0 saturated heterocycles. The van der Waals surface area contributed by atoms with Crippen molar-refractivity contribution in [3.05, 3.63) is 0 Å². The third-order valence-electron chi connectivity index (χ3n) is 6.50.